The van der Waals surface area contributed by atoms with Crippen molar-refractivity contribution >= 4 is 15.9 Å². The standard InChI is InChI=1S/C22H27FN2O6S/c1-30-19-7-2-3-8-21(19)32(28,29)25-18-10-9-17(31-20(18)14-26)12-22(27)24-13-15-5-4-6-16(23)11-15/h2-8,11,17-18,20,25-26H,9-10,12-14H2,1H3,(H,24,27)/t17-,18+,20-/m1/s1. The zero-order valence-corrected chi connectivity index (χ0v) is 18.5. The lowest BCUT2D eigenvalue weighted by Crippen LogP contribution is -2.51. The van der Waals surface area contributed by atoms with Crippen LogP contribution in [0.5, 0.6) is 5.75 Å². The monoisotopic (exact) mass is 466 g/mol. The summed E-state index contributed by atoms with van der Waals surface area (Å²) in [7, 11) is -2.52. The molecule has 0 unspecified atom stereocenters. The summed E-state index contributed by atoms with van der Waals surface area (Å²) in [6.45, 7) is -0.214. The molecule has 0 bridgehead atoms. The van der Waals surface area contributed by atoms with Gasteiger partial charge in [0.25, 0.3) is 0 Å². The van der Waals surface area contributed by atoms with E-state index in [0.29, 0.717) is 18.4 Å². The third-order valence-electron chi connectivity index (χ3n) is 5.25. The van der Waals surface area contributed by atoms with Crippen LogP contribution in [0.1, 0.15) is 24.8 Å². The van der Waals surface area contributed by atoms with Gasteiger partial charge in [0, 0.05) is 6.54 Å². The normalized spacial score (nSPS) is 21.2. The van der Waals surface area contributed by atoms with Crippen LogP contribution in [0.25, 0.3) is 0 Å². The Labute approximate surface area is 186 Å². The average molecular weight is 467 g/mol. The van der Waals surface area contributed by atoms with E-state index in [1.54, 1.807) is 30.3 Å². The highest BCUT2D eigenvalue weighted by Gasteiger charge is 2.35. The van der Waals surface area contributed by atoms with Crippen LogP contribution >= 0.6 is 0 Å². The van der Waals surface area contributed by atoms with Gasteiger partial charge in [0.15, 0.2) is 0 Å². The Kier molecular flexibility index (Phi) is 8.19. The minimum Gasteiger partial charge on any atom is -0.495 e. The Bertz CT molecular complexity index is 1030. The second-order valence-corrected chi connectivity index (χ2v) is 9.23. The maximum absolute atomic E-state index is 13.2. The number of hydrogen-bond donors (Lipinski definition) is 3. The average Bonchev–Trinajstić information content (AvgIpc) is 2.78. The molecular weight excluding hydrogens is 439 g/mol. The Morgan fingerprint density at radius 2 is 2.00 bits per heavy atom. The van der Waals surface area contributed by atoms with Crippen molar-refractivity contribution < 1.29 is 32.2 Å². The Morgan fingerprint density at radius 3 is 2.72 bits per heavy atom. The summed E-state index contributed by atoms with van der Waals surface area (Å²) in [6.07, 6.45) is -0.386. The predicted octanol–water partition coefficient (Wildman–Crippen LogP) is 1.73. The van der Waals surface area contributed by atoms with E-state index in [4.69, 9.17) is 9.47 Å². The van der Waals surface area contributed by atoms with Gasteiger partial charge in [-0.2, -0.15) is 0 Å². The molecule has 3 N–H and O–H groups in total. The fourth-order valence-corrected chi connectivity index (χ4v) is 5.12. The van der Waals surface area contributed by atoms with E-state index in [2.05, 4.69) is 10.0 Å². The molecule has 1 aliphatic heterocycles. The molecule has 1 aliphatic rings. The molecule has 2 aromatic carbocycles. The van der Waals surface area contributed by atoms with Gasteiger partial charge in [0.1, 0.15) is 16.5 Å². The van der Waals surface area contributed by atoms with E-state index < -0.39 is 34.9 Å². The van der Waals surface area contributed by atoms with Gasteiger partial charge in [0.05, 0.1) is 38.4 Å². The molecule has 10 heteroatoms. The maximum atomic E-state index is 13.2. The second-order valence-electron chi connectivity index (χ2n) is 7.55. The Morgan fingerprint density at radius 1 is 1.22 bits per heavy atom. The molecule has 0 aliphatic carbocycles. The number of carbonyl (C=O) groups excluding carboxylic acids is 1. The largest absolute Gasteiger partial charge is 0.495 e. The molecule has 1 amide bonds. The molecule has 2 aromatic rings. The van der Waals surface area contributed by atoms with E-state index >= 15 is 0 Å². The van der Waals surface area contributed by atoms with Crippen molar-refractivity contribution in [2.75, 3.05) is 13.7 Å². The third kappa shape index (κ3) is 6.26. The number of ether oxygens (including phenoxy) is 2. The van der Waals surface area contributed by atoms with Gasteiger partial charge >= 0.3 is 0 Å². The number of hydrogen-bond acceptors (Lipinski definition) is 6. The summed E-state index contributed by atoms with van der Waals surface area (Å²) in [5.41, 5.74) is 0.641. The summed E-state index contributed by atoms with van der Waals surface area (Å²) >= 11 is 0. The number of methoxy groups -OCH3 is 1. The zero-order chi connectivity index (χ0) is 23.1. The van der Waals surface area contributed by atoms with Crippen LogP contribution in [0.15, 0.2) is 53.4 Å². The predicted molar refractivity (Wildman–Crippen MR) is 115 cm³/mol. The fraction of sp³-hybridized carbons (Fsp3) is 0.409. The second kappa shape index (κ2) is 10.9. The van der Waals surface area contributed by atoms with Gasteiger partial charge in [-0.05, 0) is 42.7 Å². The molecular formula is C22H27FN2O6S. The molecule has 0 aromatic heterocycles. The Balaban J connectivity index is 1.55. The number of aliphatic hydroxyl groups is 1. The summed E-state index contributed by atoms with van der Waals surface area (Å²) < 4.78 is 52.4. The van der Waals surface area contributed by atoms with Gasteiger partial charge in [0.2, 0.25) is 15.9 Å². The van der Waals surface area contributed by atoms with Gasteiger partial charge in [-0.1, -0.05) is 24.3 Å². The number of rotatable bonds is 9. The molecule has 3 atom stereocenters. The van der Waals surface area contributed by atoms with Gasteiger partial charge in [-0.3, -0.25) is 4.79 Å². The molecule has 0 saturated carbocycles. The summed E-state index contributed by atoms with van der Waals surface area (Å²) in [5, 5.41) is 12.5. The summed E-state index contributed by atoms with van der Waals surface area (Å²) in [4.78, 5) is 12.3. The van der Waals surface area contributed by atoms with E-state index in [0.717, 1.165) is 0 Å². The number of halogens is 1. The quantitative estimate of drug-likeness (QED) is 0.519. The third-order valence-corrected chi connectivity index (χ3v) is 6.78. The first-order valence-corrected chi connectivity index (χ1v) is 11.7. The maximum Gasteiger partial charge on any atom is 0.244 e. The van der Waals surface area contributed by atoms with Crippen molar-refractivity contribution in [2.45, 2.75) is 49.0 Å². The molecule has 3 rings (SSSR count). The van der Waals surface area contributed by atoms with Crippen LogP contribution in [-0.2, 0) is 26.1 Å². The first-order chi connectivity index (χ1) is 15.3. The molecule has 32 heavy (non-hydrogen) atoms. The first-order valence-electron chi connectivity index (χ1n) is 10.2. The van der Waals surface area contributed by atoms with Crippen LogP contribution in [-0.4, -0.2) is 51.4 Å². The highest BCUT2D eigenvalue weighted by molar-refractivity contribution is 7.89. The zero-order valence-electron chi connectivity index (χ0n) is 17.7. The SMILES string of the molecule is COc1ccccc1S(=O)(=O)N[C@H]1CC[C@H](CC(=O)NCc2cccc(F)c2)O[C@@H]1CO. The van der Waals surface area contributed by atoms with E-state index in [9.17, 15) is 22.7 Å². The molecule has 1 heterocycles. The highest BCUT2D eigenvalue weighted by Crippen LogP contribution is 2.26. The molecule has 8 nitrogen and oxygen atoms in total. The van der Waals surface area contributed by atoms with Crippen molar-refractivity contribution in [3.05, 3.63) is 59.9 Å². The number of amides is 1. The number of nitrogens with one attached hydrogen (secondary N) is 2. The smallest absolute Gasteiger partial charge is 0.244 e. The lowest BCUT2D eigenvalue weighted by molar-refractivity contribution is -0.130. The van der Waals surface area contributed by atoms with E-state index in [-0.39, 0.29) is 35.3 Å². The molecule has 174 valence electrons. The van der Waals surface area contributed by atoms with Crippen LogP contribution in [0.3, 0.4) is 0 Å². The van der Waals surface area contributed by atoms with E-state index in [1.165, 1.54) is 25.3 Å². The lowest BCUT2D eigenvalue weighted by atomic mass is 9.98. The van der Waals surface area contributed by atoms with Crippen molar-refractivity contribution in [2.24, 2.45) is 0 Å². The van der Waals surface area contributed by atoms with E-state index in [1.807, 2.05) is 0 Å². The minimum atomic E-state index is -3.91. The highest BCUT2D eigenvalue weighted by atomic mass is 32.2. The van der Waals surface area contributed by atoms with Crippen LogP contribution < -0.4 is 14.8 Å². The number of benzene rings is 2. The molecule has 0 radical (unpaired) electrons. The first kappa shape index (κ1) is 24.1. The van der Waals surface area contributed by atoms with Crippen molar-refractivity contribution in [3.8, 4) is 5.75 Å². The number of aliphatic hydroxyl groups excluding tert-OH is 1. The number of sulfonamides is 1. The van der Waals surface area contributed by atoms with Gasteiger partial charge in [-0.25, -0.2) is 17.5 Å². The molecule has 0 spiro atoms. The van der Waals surface area contributed by atoms with Crippen molar-refractivity contribution in [1.82, 2.24) is 10.0 Å². The summed E-state index contributed by atoms with van der Waals surface area (Å²) in [5.74, 6) is -0.436. The van der Waals surface area contributed by atoms with Gasteiger partial charge < -0.3 is 19.9 Å². The number of carbonyl (C=O) groups is 1. The topological polar surface area (TPSA) is 114 Å². The van der Waals surface area contributed by atoms with Gasteiger partial charge in [-0.15, -0.1) is 0 Å². The molecule has 1 fully saturated rings. The number of para-hydroxylation sites is 1. The van der Waals surface area contributed by atoms with Crippen LogP contribution in [0.4, 0.5) is 4.39 Å². The van der Waals surface area contributed by atoms with Crippen LogP contribution in [0, 0.1) is 5.82 Å². The van der Waals surface area contributed by atoms with Crippen molar-refractivity contribution in [3.63, 3.8) is 0 Å². The van der Waals surface area contributed by atoms with Crippen LogP contribution in [0.2, 0.25) is 0 Å². The summed E-state index contributed by atoms with van der Waals surface area (Å²) in [6, 6.07) is 11.5. The molecule has 1 saturated heterocycles. The Hall–Kier alpha value is -2.53. The lowest BCUT2D eigenvalue weighted by Gasteiger charge is -2.35. The fourth-order valence-electron chi connectivity index (χ4n) is 3.65. The minimum absolute atomic E-state index is 0.00182. The van der Waals surface area contributed by atoms with Crippen molar-refractivity contribution in [1.29, 1.82) is 0 Å².